The van der Waals surface area contributed by atoms with E-state index >= 15 is 0 Å². The molecule has 3 aromatic rings. The summed E-state index contributed by atoms with van der Waals surface area (Å²) in [4.78, 5) is 16.7. The zero-order valence-corrected chi connectivity index (χ0v) is 14.6. The second-order valence-electron chi connectivity index (χ2n) is 6.03. The predicted molar refractivity (Wildman–Crippen MR) is 97.8 cm³/mol. The first kappa shape index (κ1) is 17.6. The van der Waals surface area contributed by atoms with Gasteiger partial charge >= 0.3 is 0 Å². The highest BCUT2D eigenvalue weighted by Crippen LogP contribution is 2.23. The third-order valence-electron chi connectivity index (χ3n) is 3.94. The van der Waals surface area contributed by atoms with Crippen molar-refractivity contribution in [2.45, 2.75) is 20.4 Å². The summed E-state index contributed by atoms with van der Waals surface area (Å²) in [6.07, 6.45) is 1.59. The number of carbonyl (C=O) groups excluding carboxylic acids is 1. The van der Waals surface area contributed by atoms with Crippen molar-refractivity contribution in [2.75, 3.05) is 0 Å². The summed E-state index contributed by atoms with van der Waals surface area (Å²) in [6, 6.07) is 15.2. The number of rotatable bonds is 5. The molecule has 0 aliphatic carbocycles. The van der Waals surface area contributed by atoms with Crippen LogP contribution in [-0.2, 0) is 6.54 Å². The van der Waals surface area contributed by atoms with Gasteiger partial charge in [0.2, 0.25) is 5.88 Å². The van der Waals surface area contributed by atoms with Gasteiger partial charge in [-0.05, 0) is 43.7 Å². The van der Waals surface area contributed by atoms with Gasteiger partial charge < -0.3 is 10.1 Å². The van der Waals surface area contributed by atoms with E-state index in [9.17, 15) is 9.18 Å². The Morgan fingerprint density at radius 3 is 2.77 bits per heavy atom. The molecule has 2 aromatic carbocycles. The van der Waals surface area contributed by atoms with E-state index in [-0.39, 0.29) is 18.3 Å². The minimum atomic E-state index is -0.386. The Morgan fingerprint density at radius 2 is 1.96 bits per heavy atom. The van der Waals surface area contributed by atoms with Crippen LogP contribution in [0.3, 0.4) is 0 Å². The first-order chi connectivity index (χ1) is 12.5. The summed E-state index contributed by atoms with van der Waals surface area (Å²) in [5.74, 6) is 0.139. The van der Waals surface area contributed by atoms with E-state index in [1.54, 1.807) is 24.4 Å². The minimum Gasteiger partial charge on any atom is -0.439 e. The van der Waals surface area contributed by atoms with Gasteiger partial charge in [-0.1, -0.05) is 29.8 Å². The van der Waals surface area contributed by atoms with Crippen LogP contribution in [0.5, 0.6) is 11.6 Å². The molecule has 5 heteroatoms. The van der Waals surface area contributed by atoms with Crippen LogP contribution in [0, 0.1) is 19.7 Å². The number of carbonyl (C=O) groups is 1. The monoisotopic (exact) mass is 350 g/mol. The maximum Gasteiger partial charge on any atom is 0.251 e. The number of aryl methyl sites for hydroxylation is 2. The van der Waals surface area contributed by atoms with Crippen molar-refractivity contribution in [1.29, 1.82) is 0 Å². The molecular formula is C21H19FN2O2. The molecule has 1 amide bonds. The number of pyridine rings is 1. The number of hydrogen-bond acceptors (Lipinski definition) is 3. The number of aromatic nitrogens is 1. The first-order valence-corrected chi connectivity index (χ1v) is 8.26. The number of benzene rings is 2. The third kappa shape index (κ3) is 4.25. The van der Waals surface area contributed by atoms with E-state index in [0.717, 1.165) is 11.1 Å². The van der Waals surface area contributed by atoms with Crippen molar-refractivity contribution >= 4 is 5.91 Å². The fourth-order valence-electron chi connectivity index (χ4n) is 2.54. The molecule has 0 unspecified atom stereocenters. The zero-order valence-electron chi connectivity index (χ0n) is 14.6. The number of halogens is 1. The SMILES string of the molecule is Cc1ccc(C)c(C(=O)NCc2cccnc2Oc2cccc(F)c2)c1. The van der Waals surface area contributed by atoms with Crippen LogP contribution in [0.25, 0.3) is 0 Å². The molecule has 0 saturated carbocycles. The van der Waals surface area contributed by atoms with Crippen LogP contribution in [0.1, 0.15) is 27.0 Å². The lowest BCUT2D eigenvalue weighted by Gasteiger charge is -2.12. The highest BCUT2D eigenvalue weighted by Gasteiger charge is 2.12. The Bertz CT molecular complexity index is 941. The largest absolute Gasteiger partial charge is 0.439 e. The van der Waals surface area contributed by atoms with Crippen LogP contribution < -0.4 is 10.1 Å². The van der Waals surface area contributed by atoms with Crippen LogP contribution in [0.15, 0.2) is 60.8 Å². The van der Waals surface area contributed by atoms with Crippen molar-refractivity contribution in [1.82, 2.24) is 10.3 Å². The molecule has 0 fully saturated rings. The molecule has 1 aromatic heterocycles. The third-order valence-corrected chi connectivity index (χ3v) is 3.94. The molecule has 26 heavy (non-hydrogen) atoms. The van der Waals surface area contributed by atoms with E-state index in [1.807, 2.05) is 38.1 Å². The second-order valence-corrected chi connectivity index (χ2v) is 6.03. The van der Waals surface area contributed by atoms with E-state index < -0.39 is 0 Å². The summed E-state index contributed by atoms with van der Waals surface area (Å²) in [5, 5.41) is 2.89. The van der Waals surface area contributed by atoms with Crippen LogP contribution in [-0.4, -0.2) is 10.9 Å². The molecule has 1 N–H and O–H groups in total. The summed E-state index contributed by atoms with van der Waals surface area (Å²) in [5.41, 5.74) is 3.28. The number of amides is 1. The Balaban J connectivity index is 1.74. The molecule has 0 aliphatic rings. The quantitative estimate of drug-likeness (QED) is 0.734. The Hall–Kier alpha value is -3.21. The van der Waals surface area contributed by atoms with Gasteiger partial charge in [0.1, 0.15) is 11.6 Å². The lowest BCUT2D eigenvalue weighted by Crippen LogP contribution is -2.24. The molecule has 1 heterocycles. The van der Waals surface area contributed by atoms with Crippen LogP contribution in [0.4, 0.5) is 4.39 Å². The van der Waals surface area contributed by atoms with Gasteiger partial charge in [-0.2, -0.15) is 0 Å². The highest BCUT2D eigenvalue weighted by molar-refractivity contribution is 5.95. The molecule has 132 valence electrons. The number of nitrogens with one attached hydrogen (secondary N) is 1. The van der Waals surface area contributed by atoms with Gasteiger partial charge in [0.15, 0.2) is 0 Å². The minimum absolute atomic E-state index is 0.160. The van der Waals surface area contributed by atoms with Gasteiger partial charge in [-0.25, -0.2) is 9.37 Å². The molecular weight excluding hydrogens is 331 g/mol. The van der Waals surface area contributed by atoms with Crippen molar-refractivity contribution < 1.29 is 13.9 Å². The van der Waals surface area contributed by atoms with Crippen molar-refractivity contribution in [3.05, 3.63) is 88.9 Å². The number of nitrogens with zero attached hydrogens (tertiary/aromatic N) is 1. The Kier molecular flexibility index (Phi) is 5.27. The maximum atomic E-state index is 13.3. The van der Waals surface area contributed by atoms with Gasteiger partial charge in [0.05, 0.1) is 0 Å². The normalized spacial score (nSPS) is 10.4. The summed E-state index contributed by atoms with van der Waals surface area (Å²) in [6.45, 7) is 4.10. The van der Waals surface area contributed by atoms with E-state index in [1.165, 1.54) is 12.1 Å². The van der Waals surface area contributed by atoms with Gasteiger partial charge in [0.25, 0.3) is 5.91 Å². The highest BCUT2D eigenvalue weighted by atomic mass is 19.1. The predicted octanol–water partition coefficient (Wildman–Crippen LogP) is 4.56. The van der Waals surface area contributed by atoms with Gasteiger partial charge in [-0.3, -0.25) is 4.79 Å². The smallest absolute Gasteiger partial charge is 0.251 e. The molecule has 0 saturated heterocycles. The van der Waals surface area contributed by atoms with Gasteiger partial charge in [0, 0.05) is 29.9 Å². The van der Waals surface area contributed by atoms with Crippen molar-refractivity contribution in [3.8, 4) is 11.6 Å². The van der Waals surface area contributed by atoms with Crippen LogP contribution in [0.2, 0.25) is 0 Å². The van der Waals surface area contributed by atoms with Crippen molar-refractivity contribution in [3.63, 3.8) is 0 Å². The fourth-order valence-corrected chi connectivity index (χ4v) is 2.54. The molecule has 0 aliphatic heterocycles. The Labute approximate surface area is 151 Å². The maximum absolute atomic E-state index is 13.3. The topological polar surface area (TPSA) is 51.2 Å². The summed E-state index contributed by atoms with van der Waals surface area (Å²) < 4.78 is 19.0. The number of hydrogen-bond donors (Lipinski definition) is 1. The first-order valence-electron chi connectivity index (χ1n) is 8.26. The van der Waals surface area contributed by atoms with E-state index in [2.05, 4.69) is 10.3 Å². The molecule has 0 spiro atoms. The lowest BCUT2D eigenvalue weighted by molar-refractivity contribution is 0.0950. The average molecular weight is 350 g/mol. The molecule has 0 radical (unpaired) electrons. The molecule has 3 rings (SSSR count). The van der Waals surface area contributed by atoms with E-state index in [0.29, 0.717) is 22.8 Å². The molecule has 4 nitrogen and oxygen atoms in total. The van der Waals surface area contributed by atoms with Crippen LogP contribution >= 0.6 is 0 Å². The van der Waals surface area contributed by atoms with E-state index in [4.69, 9.17) is 4.74 Å². The summed E-state index contributed by atoms with van der Waals surface area (Å²) >= 11 is 0. The number of ether oxygens (including phenoxy) is 1. The second kappa shape index (κ2) is 7.78. The summed E-state index contributed by atoms with van der Waals surface area (Å²) in [7, 11) is 0. The fraction of sp³-hybridized carbons (Fsp3) is 0.143. The van der Waals surface area contributed by atoms with Gasteiger partial charge in [-0.15, -0.1) is 0 Å². The lowest BCUT2D eigenvalue weighted by atomic mass is 10.1. The Morgan fingerprint density at radius 1 is 1.12 bits per heavy atom. The molecule has 0 atom stereocenters. The standard InChI is InChI=1S/C21H19FN2O2/c1-14-8-9-15(2)19(11-14)20(25)24-13-16-5-4-10-23-21(16)26-18-7-3-6-17(22)12-18/h3-12H,13H2,1-2H3,(H,24,25). The van der Waals surface area contributed by atoms with Crippen molar-refractivity contribution in [2.24, 2.45) is 0 Å². The molecule has 0 bridgehead atoms. The zero-order chi connectivity index (χ0) is 18.5. The average Bonchev–Trinajstić information content (AvgIpc) is 2.63.